The molecular weight excluding hydrogens is 652 g/mol. The van der Waals surface area contributed by atoms with Crippen LogP contribution in [0.25, 0.3) is 0 Å². The third-order valence-electron chi connectivity index (χ3n) is 11.3. The highest BCUT2D eigenvalue weighted by Gasteiger charge is 2.46. The Hall–Kier alpha value is -5.09. The Bertz CT molecular complexity index is 1940. The number of rotatable bonds is 6. The van der Waals surface area contributed by atoms with Gasteiger partial charge in [-0.1, -0.05) is 44.2 Å². The van der Waals surface area contributed by atoms with Gasteiger partial charge in [0.05, 0.1) is 28.7 Å². The van der Waals surface area contributed by atoms with Crippen molar-refractivity contribution in [3.05, 3.63) is 124 Å². The van der Waals surface area contributed by atoms with Crippen LogP contribution in [0.5, 0.6) is 0 Å². The molecule has 7 aliphatic rings. The van der Waals surface area contributed by atoms with Crippen molar-refractivity contribution in [2.45, 2.75) is 70.9 Å². The third-order valence-corrected chi connectivity index (χ3v) is 11.3. The molecule has 10 heteroatoms. The van der Waals surface area contributed by atoms with Crippen molar-refractivity contribution in [3.8, 4) is 0 Å². The molecule has 2 saturated heterocycles. The molecule has 1 aromatic carbocycles. The van der Waals surface area contributed by atoms with E-state index in [1.165, 1.54) is 16.8 Å². The fourth-order valence-electron chi connectivity index (χ4n) is 8.45. The van der Waals surface area contributed by atoms with Crippen LogP contribution < -0.4 is 21.3 Å². The molecule has 0 saturated carbocycles. The van der Waals surface area contributed by atoms with E-state index in [0.717, 1.165) is 76.1 Å². The molecular formula is C42H48N6O4. The number of anilines is 2. The first-order valence-corrected chi connectivity index (χ1v) is 18.9. The number of nitrogens with zero attached hydrogens (tertiary/aromatic N) is 3. The minimum atomic E-state index is -0.224. The monoisotopic (exact) mass is 700 g/mol. The van der Waals surface area contributed by atoms with Gasteiger partial charge in [0.25, 0.3) is 11.8 Å². The van der Waals surface area contributed by atoms with Gasteiger partial charge in [0.15, 0.2) is 0 Å². The highest BCUT2D eigenvalue weighted by atomic mass is 16.5. The second-order valence-corrected chi connectivity index (χ2v) is 14.4. The smallest absolute Gasteiger partial charge is 0.259 e. The van der Waals surface area contributed by atoms with Crippen LogP contribution in [0.3, 0.4) is 0 Å². The predicted molar refractivity (Wildman–Crippen MR) is 202 cm³/mol. The number of nitrogens with one attached hydrogen (secondary N) is 2. The maximum atomic E-state index is 14.1. The number of hydrogen-bond acceptors (Lipinski definition) is 8. The number of nitrogens with two attached hydrogens (primary N) is 1. The summed E-state index contributed by atoms with van der Waals surface area (Å²) in [6.07, 6.45) is 18.6. The van der Waals surface area contributed by atoms with Gasteiger partial charge in [0, 0.05) is 74.1 Å². The van der Waals surface area contributed by atoms with Crippen LogP contribution in [0.2, 0.25) is 0 Å². The van der Waals surface area contributed by atoms with E-state index in [1.807, 2.05) is 24.8 Å². The lowest BCUT2D eigenvalue weighted by Gasteiger charge is -2.53. The lowest BCUT2D eigenvalue weighted by Crippen LogP contribution is -2.59. The number of fused-ring (bicyclic) bond motifs is 3. The second-order valence-electron chi connectivity index (χ2n) is 14.4. The molecule has 0 radical (unpaired) electrons. The highest BCUT2D eigenvalue weighted by molar-refractivity contribution is 6.08. The molecule has 52 heavy (non-hydrogen) atoms. The zero-order valence-corrected chi connectivity index (χ0v) is 30.1. The largest absolute Gasteiger partial charge is 0.481 e. The molecule has 1 aromatic heterocycles. The molecule has 4 N–H and O–H groups in total. The van der Waals surface area contributed by atoms with E-state index < -0.39 is 0 Å². The Kier molecular flexibility index (Phi) is 9.25. The summed E-state index contributed by atoms with van der Waals surface area (Å²) >= 11 is 0. The van der Waals surface area contributed by atoms with Crippen LogP contribution in [0.15, 0.2) is 113 Å². The average Bonchev–Trinajstić information content (AvgIpc) is 3.38. The Morgan fingerprint density at radius 3 is 2.67 bits per heavy atom. The number of benzene rings is 1. The van der Waals surface area contributed by atoms with Crippen molar-refractivity contribution in [3.63, 3.8) is 0 Å². The van der Waals surface area contributed by atoms with E-state index in [9.17, 15) is 9.59 Å². The van der Waals surface area contributed by atoms with Crippen molar-refractivity contribution in [1.29, 1.82) is 0 Å². The van der Waals surface area contributed by atoms with Gasteiger partial charge in [-0.05, 0) is 79.6 Å². The Morgan fingerprint density at radius 1 is 1.08 bits per heavy atom. The first kappa shape index (κ1) is 34.0. The van der Waals surface area contributed by atoms with Crippen molar-refractivity contribution >= 4 is 23.3 Å². The van der Waals surface area contributed by atoms with E-state index in [1.54, 1.807) is 36.5 Å². The van der Waals surface area contributed by atoms with E-state index in [2.05, 4.69) is 50.9 Å². The van der Waals surface area contributed by atoms with Gasteiger partial charge >= 0.3 is 0 Å². The summed E-state index contributed by atoms with van der Waals surface area (Å²) in [7, 11) is 0. The van der Waals surface area contributed by atoms with E-state index in [0.29, 0.717) is 53.1 Å². The maximum Gasteiger partial charge on any atom is 0.259 e. The third kappa shape index (κ3) is 6.12. The molecule has 10 nitrogen and oxygen atoms in total. The molecule has 270 valence electrons. The maximum absolute atomic E-state index is 14.1. The van der Waals surface area contributed by atoms with Gasteiger partial charge in [-0.3, -0.25) is 9.59 Å². The number of hydrogen-bond donors (Lipinski definition) is 3. The first-order valence-electron chi connectivity index (χ1n) is 18.9. The van der Waals surface area contributed by atoms with Crippen LogP contribution in [0.1, 0.15) is 79.5 Å². The van der Waals surface area contributed by atoms with Gasteiger partial charge in [0.1, 0.15) is 17.7 Å². The van der Waals surface area contributed by atoms with Gasteiger partial charge in [-0.15, -0.1) is 0 Å². The normalized spacial score (nSPS) is 23.9. The lowest BCUT2D eigenvalue weighted by atomic mass is 9.73. The molecule has 2 aromatic rings. The minimum absolute atomic E-state index is 0.0728. The molecule has 5 heterocycles. The molecule has 9 rings (SSSR count). The van der Waals surface area contributed by atoms with Crippen molar-refractivity contribution < 1.29 is 19.1 Å². The summed E-state index contributed by atoms with van der Waals surface area (Å²) in [6, 6.07) is 11.1. The van der Waals surface area contributed by atoms with Crippen LogP contribution in [-0.4, -0.2) is 66.7 Å². The molecule has 4 aliphatic heterocycles. The van der Waals surface area contributed by atoms with E-state index in [-0.39, 0.29) is 23.3 Å². The van der Waals surface area contributed by atoms with Crippen LogP contribution in [-0.2, 0) is 9.47 Å². The highest BCUT2D eigenvalue weighted by Crippen LogP contribution is 2.46. The van der Waals surface area contributed by atoms with Crippen molar-refractivity contribution in [2.24, 2.45) is 11.1 Å². The quantitative estimate of drug-likeness (QED) is 0.313. The first-order chi connectivity index (χ1) is 25.5. The molecule has 0 bridgehead atoms. The number of pyridine rings is 1. The van der Waals surface area contributed by atoms with Crippen LogP contribution >= 0.6 is 0 Å². The van der Waals surface area contributed by atoms with E-state index >= 15 is 0 Å². The Labute approximate surface area is 305 Å². The van der Waals surface area contributed by atoms with Gasteiger partial charge < -0.3 is 35.6 Å². The summed E-state index contributed by atoms with van der Waals surface area (Å²) in [5, 5.41) is 6.69. The fraction of sp³-hybridized carbons (Fsp3) is 0.405. The average molecular weight is 701 g/mol. The number of carbonyl (C=O) groups is 2. The molecule has 2 amide bonds. The zero-order chi connectivity index (χ0) is 35.8. The zero-order valence-electron chi connectivity index (χ0n) is 30.1. The molecule has 2 unspecified atom stereocenters. The SMILES string of the molecule is CC.NC1=C(OC2CC3=C2NC2CC=CC=C32)C2=CCCC=C2N(C(=O)c2ccc(NC(=O)c3cccnc3N3CC4(CCOCC4)C3)cc2)CC1. The standard InChI is InChI=1S/C40H42N6O4.C2H6/c41-31-15-19-46(33-10-4-2-7-28(33)36(31)50-34-22-30-27-6-1-3-9-32(27)44-35(30)34)39(48)25-11-13-26(14-12-25)43-38(47)29-8-5-18-42-37(29)45-23-40(24-45)16-20-49-21-17-40;1-2/h1,3,5-8,10-14,18,32,34,44H,2,4,9,15-17,19-24,41H2,(H,43,47);1-2H3. The predicted octanol–water partition coefficient (Wildman–Crippen LogP) is 6.50. The number of amides is 2. The molecule has 3 aliphatic carbocycles. The Balaban J connectivity index is 0.00000190. The van der Waals surface area contributed by atoms with Crippen LogP contribution in [0, 0.1) is 5.41 Å². The molecule has 2 atom stereocenters. The summed E-state index contributed by atoms with van der Waals surface area (Å²) in [4.78, 5) is 36.1. The minimum Gasteiger partial charge on any atom is -0.481 e. The number of allylic oxidation sites excluding steroid dienone is 4. The summed E-state index contributed by atoms with van der Waals surface area (Å²) < 4.78 is 12.2. The second kappa shape index (κ2) is 14.1. The molecule has 1 spiro atoms. The van der Waals surface area contributed by atoms with E-state index in [4.69, 9.17) is 15.2 Å². The molecule has 2 fully saturated rings. The fourth-order valence-corrected chi connectivity index (χ4v) is 8.45. The van der Waals surface area contributed by atoms with Gasteiger partial charge in [0.2, 0.25) is 0 Å². The number of aromatic nitrogens is 1. The summed E-state index contributed by atoms with van der Waals surface area (Å²) in [5.74, 6) is 1.07. The number of carbonyl (C=O) groups excluding carboxylic acids is 2. The summed E-state index contributed by atoms with van der Waals surface area (Å²) in [5.41, 5.74) is 15.0. The Morgan fingerprint density at radius 2 is 1.87 bits per heavy atom. The van der Waals surface area contributed by atoms with Gasteiger partial charge in [-0.2, -0.15) is 0 Å². The summed E-state index contributed by atoms with van der Waals surface area (Å²) in [6.45, 7) is 7.81. The van der Waals surface area contributed by atoms with Crippen molar-refractivity contribution in [2.75, 3.05) is 43.1 Å². The van der Waals surface area contributed by atoms with Gasteiger partial charge in [-0.25, -0.2) is 4.98 Å². The lowest BCUT2D eigenvalue weighted by molar-refractivity contribution is -0.000509. The number of ether oxygens (including phenoxy) is 2. The topological polar surface area (TPSA) is 122 Å². The van der Waals surface area contributed by atoms with Crippen molar-refractivity contribution in [1.82, 2.24) is 15.2 Å². The van der Waals surface area contributed by atoms with Crippen LogP contribution in [0.4, 0.5) is 11.5 Å².